The molecule has 0 spiro atoms. The zero-order chi connectivity index (χ0) is 15.2. The van der Waals surface area contributed by atoms with Gasteiger partial charge in [0, 0.05) is 12.0 Å². The van der Waals surface area contributed by atoms with Gasteiger partial charge in [0.15, 0.2) is 5.69 Å². The lowest BCUT2D eigenvalue weighted by atomic mass is 10.2. The summed E-state index contributed by atoms with van der Waals surface area (Å²) >= 11 is 0. The van der Waals surface area contributed by atoms with Gasteiger partial charge in [-0.25, -0.2) is 9.78 Å². The average molecular weight is 289 g/mol. The Balaban J connectivity index is 2.39. The highest BCUT2D eigenvalue weighted by atomic mass is 16.5. The van der Waals surface area contributed by atoms with E-state index in [1.165, 1.54) is 7.11 Å². The molecule has 0 aliphatic carbocycles. The van der Waals surface area contributed by atoms with E-state index in [2.05, 4.69) is 11.9 Å². The fourth-order valence-electron chi connectivity index (χ4n) is 1.99. The monoisotopic (exact) mass is 289 g/mol. The van der Waals surface area contributed by atoms with Gasteiger partial charge in [-0.05, 0) is 24.6 Å². The number of aromatic nitrogens is 1. The van der Waals surface area contributed by atoms with Crippen LogP contribution in [0.4, 0.5) is 0 Å². The molecule has 0 atom stereocenters. The van der Waals surface area contributed by atoms with E-state index in [1.807, 2.05) is 24.3 Å². The van der Waals surface area contributed by atoms with Gasteiger partial charge < -0.3 is 13.9 Å². The lowest BCUT2D eigenvalue weighted by molar-refractivity contribution is 0.0592. The van der Waals surface area contributed by atoms with Crippen molar-refractivity contribution in [3.8, 4) is 17.2 Å². The summed E-state index contributed by atoms with van der Waals surface area (Å²) in [7, 11) is 2.94. The minimum Gasteiger partial charge on any atom is -0.497 e. The summed E-state index contributed by atoms with van der Waals surface area (Å²) in [4.78, 5) is 16.1. The number of carbonyl (C=O) groups is 1. The van der Waals surface area contributed by atoms with Crippen molar-refractivity contribution in [2.45, 2.75) is 26.2 Å². The molecule has 21 heavy (non-hydrogen) atoms. The molecule has 0 amide bonds. The number of aryl methyl sites for hydroxylation is 1. The number of carbonyl (C=O) groups excluding carboxylic acids is 1. The van der Waals surface area contributed by atoms with Gasteiger partial charge in [0.05, 0.1) is 14.2 Å². The van der Waals surface area contributed by atoms with Crippen LogP contribution in [-0.4, -0.2) is 25.2 Å². The molecule has 1 heterocycles. The Labute approximate surface area is 123 Å². The van der Waals surface area contributed by atoms with Crippen LogP contribution >= 0.6 is 0 Å². The maximum atomic E-state index is 11.8. The highest BCUT2D eigenvalue weighted by molar-refractivity contribution is 5.88. The molecular formula is C16H19NO4. The fourth-order valence-corrected chi connectivity index (χ4v) is 1.99. The second-order valence-electron chi connectivity index (χ2n) is 4.62. The largest absolute Gasteiger partial charge is 0.497 e. The minimum atomic E-state index is -0.473. The van der Waals surface area contributed by atoms with Crippen LogP contribution in [0.2, 0.25) is 0 Å². The molecule has 0 aliphatic heterocycles. The first-order valence-corrected chi connectivity index (χ1v) is 6.92. The summed E-state index contributed by atoms with van der Waals surface area (Å²) in [5.74, 6) is 1.21. The summed E-state index contributed by atoms with van der Waals surface area (Å²) in [6.07, 6.45) is 2.60. The molecule has 2 aromatic rings. The quantitative estimate of drug-likeness (QED) is 0.762. The van der Waals surface area contributed by atoms with E-state index in [4.69, 9.17) is 13.9 Å². The Hall–Kier alpha value is -2.30. The van der Waals surface area contributed by atoms with Crippen LogP contribution < -0.4 is 4.74 Å². The molecule has 0 fully saturated rings. The smallest absolute Gasteiger partial charge is 0.360 e. The first kappa shape index (κ1) is 15.1. The van der Waals surface area contributed by atoms with Crippen LogP contribution in [0, 0.1) is 0 Å². The van der Waals surface area contributed by atoms with Crippen LogP contribution in [0.1, 0.15) is 36.0 Å². The number of rotatable bonds is 6. The molecule has 1 aromatic heterocycles. The van der Waals surface area contributed by atoms with Gasteiger partial charge in [0.1, 0.15) is 11.5 Å². The zero-order valence-electron chi connectivity index (χ0n) is 12.5. The number of oxazole rings is 1. The van der Waals surface area contributed by atoms with Crippen molar-refractivity contribution in [1.29, 1.82) is 0 Å². The van der Waals surface area contributed by atoms with Gasteiger partial charge in [-0.1, -0.05) is 19.4 Å². The Kier molecular flexibility index (Phi) is 4.98. The summed E-state index contributed by atoms with van der Waals surface area (Å²) in [6.45, 7) is 2.08. The van der Waals surface area contributed by atoms with Crippen molar-refractivity contribution in [3.63, 3.8) is 0 Å². The standard InChI is InChI=1S/C16H19NO4/c1-4-5-9-13-14(16(18)20-3)17-15(21-13)11-7-6-8-12(10-11)19-2/h6-8,10H,4-5,9H2,1-3H3. The Morgan fingerprint density at radius 2 is 2.14 bits per heavy atom. The molecule has 0 saturated carbocycles. The number of hydrogen-bond donors (Lipinski definition) is 0. The summed E-state index contributed by atoms with van der Waals surface area (Å²) < 4.78 is 15.7. The average Bonchev–Trinajstić information content (AvgIpc) is 2.96. The molecule has 0 saturated heterocycles. The second-order valence-corrected chi connectivity index (χ2v) is 4.62. The van der Waals surface area contributed by atoms with Crippen molar-refractivity contribution < 1.29 is 18.7 Å². The molecule has 2 rings (SSSR count). The predicted molar refractivity (Wildman–Crippen MR) is 78.4 cm³/mol. The van der Waals surface area contributed by atoms with E-state index in [0.717, 1.165) is 18.4 Å². The maximum Gasteiger partial charge on any atom is 0.360 e. The van der Waals surface area contributed by atoms with Crippen LogP contribution in [-0.2, 0) is 11.2 Å². The van der Waals surface area contributed by atoms with Gasteiger partial charge in [0.25, 0.3) is 0 Å². The summed E-state index contributed by atoms with van der Waals surface area (Å²) in [5.41, 5.74) is 1.02. The highest BCUT2D eigenvalue weighted by Gasteiger charge is 2.21. The first-order valence-electron chi connectivity index (χ1n) is 6.92. The van der Waals surface area contributed by atoms with Crippen molar-refractivity contribution in [2.24, 2.45) is 0 Å². The number of hydrogen-bond acceptors (Lipinski definition) is 5. The third-order valence-electron chi connectivity index (χ3n) is 3.15. The molecule has 5 nitrogen and oxygen atoms in total. The highest BCUT2D eigenvalue weighted by Crippen LogP contribution is 2.26. The molecule has 0 N–H and O–H groups in total. The van der Waals surface area contributed by atoms with E-state index < -0.39 is 5.97 Å². The minimum absolute atomic E-state index is 0.253. The van der Waals surface area contributed by atoms with Crippen LogP contribution in [0.25, 0.3) is 11.5 Å². The Morgan fingerprint density at radius 1 is 1.33 bits per heavy atom. The summed E-state index contributed by atoms with van der Waals surface area (Å²) in [6, 6.07) is 7.36. The lowest BCUT2D eigenvalue weighted by Gasteiger charge is -2.00. The molecule has 0 aliphatic rings. The van der Waals surface area contributed by atoms with Gasteiger partial charge >= 0.3 is 5.97 Å². The van der Waals surface area contributed by atoms with E-state index in [9.17, 15) is 4.79 Å². The van der Waals surface area contributed by atoms with Crippen LogP contribution in [0.3, 0.4) is 0 Å². The van der Waals surface area contributed by atoms with Gasteiger partial charge in [-0.3, -0.25) is 0 Å². The zero-order valence-corrected chi connectivity index (χ0v) is 12.5. The number of benzene rings is 1. The number of methoxy groups -OCH3 is 2. The van der Waals surface area contributed by atoms with E-state index in [0.29, 0.717) is 23.8 Å². The number of unbranched alkanes of at least 4 members (excludes halogenated alkanes) is 1. The van der Waals surface area contributed by atoms with E-state index >= 15 is 0 Å². The molecule has 0 bridgehead atoms. The molecule has 0 radical (unpaired) electrons. The van der Waals surface area contributed by atoms with Crippen molar-refractivity contribution in [3.05, 3.63) is 35.7 Å². The van der Waals surface area contributed by atoms with Crippen molar-refractivity contribution >= 4 is 5.97 Å². The maximum absolute atomic E-state index is 11.8. The third kappa shape index (κ3) is 3.42. The predicted octanol–water partition coefficient (Wildman–Crippen LogP) is 3.48. The number of esters is 1. The van der Waals surface area contributed by atoms with E-state index in [-0.39, 0.29) is 5.69 Å². The first-order chi connectivity index (χ1) is 10.2. The van der Waals surface area contributed by atoms with Crippen molar-refractivity contribution in [1.82, 2.24) is 4.98 Å². The molecule has 5 heteroatoms. The Morgan fingerprint density at radius 3 is 2.81 bits per heavy atom. The third-order valence-corrected chi connectivity index (χ3v) is 3.15. The molecule has 0 unspecified atom stereocenters. The fraction of sp³-hybridized carbons (Fsp3) is 0.375. The topological polar surface area (TPSA) is 61.6 Å². The van der Waals surface area contributed by atoms with Gasteiger partial charge in [0.2, 0.25) is 5.89 Å². The van der Waals surface area contributed by atoms with Crippen LogP contribution in [0.15, 0.2) is 28.7 Å². The normalized spacial score (nSPS) is 10.4. The van der Waals surface area contributed by atoms with Crippen molar-refractivity contribution in [2.75, 3.05) is 14.2 Å². The summed E-state index contributed by atoms with van der Waals surface area (Å²) in [5, 5.41) is 0. The number of nitrogens with zero attached hydrogens (tertiary/aromatic N) is 1. The second kappa shape index (κ2) is 6.92. The lowest BCUT2D eigenvalue weighted by Crippen LogP contribution is -2.05. The van der Waals surface area contributed by atoms with Gasteiger partial charge in [-0.2, -0.15) is 0 Å². The number of ether oxygens (including phenoxy) is 2. The molecule has 1 aromatic carbocycles. The molecular weight excluding hydrogens is 270 g/mol. The Bertz CT molecular complexity index is 618. The van der Waals surface area contributed by atoms with Crippen LogP contribution in [0.5, 0.6) is 5.75 Å². The molecule has 112 valence electrons. The SMILES string of the molecule is CCCCc1oc(-c2cccc(OC)c2)nc1C(=O)OC. The van der Waals surface area contributed by atoms with Gasteiger partial charge in [-0.15, -0.1) is 0 Å². The van der Waals surface area contributed by atoms with E-state index in [1.54, 1.807) is 7.11 Å².